The van der Waals surface area contributed by atoms with Crippen LogP contribution in [0.1, 0.15) is 61.8 Å². The molecular formula is C15H24N2OS. The Morgan fingerprint density at radius 3 is 2.74 bits per heavy atom. The third-order valence-electron chi connectivity index (χ3n) is 3.65. The number of rotatable bonds is 5. The van der Waals surface area contributed by atoms with Crippen LogP contribution in [0.4, 0.5) is 5.13 Å². The molecule has 0 radical (unpaired) electrons. The Labute approximate surface area is 120 Å². The van der Waals surface area contributed by atoms with Crippen LogP contribution in [0.5, 0.6) is 0 Å². The van der Waals surface area contributed by atoms with Crippen LogP contribution in [0.3, 0.4) is 0 Å². The smallest absolute Gasteiger partial charge is 0.185 e. The van der Waals surface area contributed by atoms with E-state index in [1.165, 1.54) is 19.3 Å². The van der Waals surface area contributed by atoms with Crippen molar-refractivity contribution in [3.63, 3.8) is 0 Å². The van der Waals surface area contributed by atoms with Crippen LogP contribution in [0.25, 0.3) is 0 Å². The number of carbonyl (C=O) groups is 1. The number of carbonyl (C=O) groups excluding carboxylic acids is 1. The predicted octanol–water partition coefficient (Wildman–Crippen LogP) is 3.92. The van der Waals surface area contributed by atoms with Gasteiger partial charge in [0, 0.05) is 20.0 Å². The van der Waals surface area contributed by atoms with Crippen molar-refractivity contribution in [2.45, 2.75) is 52.9 Å². The number of aromatic nitrogens is 1. The molecule has 106 valence electrons. The number of hydrogen-bond acceptors (Lipinski definition) is 4. The van der Waals surface area contributed by atoms with E-state index in [1.54, 1.807) is 11.3 Å². The van der Waals surface area contributed by atoms with E-state index in [0.29, 0.717) is 6.42 Å². The monoisotopic (exact) mass is 280 g/mol. The van der Waals surface area contributed by atoms with Gasteiger partial charge < -0.3 is 4.90 Å². The highest BCUT2D eigenvalue weighted by Crippen LogP contribution is 2.39. The highest BCUT2D eigenvalue weighted by molar-refractivity contribution is 7.17. The van der Waals surface area contributed by atoms with Gasteiger partial charge in [0.1, 0.15) is 0 Å². The van der Waals surface area contributed by atoms with Crippen molar-refractivity contribution in [3.8, 4) is 0 Å². The van der Waals surface area contributed by atoms with Crippen LogP contribution in [-0.2, 0) is 6.42 Å². The van der Waals surface area contributed by atoms with E-state index in [0.717, 1.165) is 28.7 Å². The largest absolute Gasteiger partial charge is 0.351 e. The Morgan fingerprint density at radius 1 is 1.32 bits per heavy atom. The van der Waals surface area contributed by atoms with Gasteiger partial charge in [-0.05, 0) is 18.3 Å². The Bertz CT molecular complexity index is 465. The molecule has 0 amide bonds. The average Bonchev–Trinajstić information content (AvgIpc) is 2.71. The molecule has 19 heavy (non-hydrogen) atoms. The van der Waals surface area contributed by atoms with Gasteiger partial charge in [-0.25, -0.2) is 4.98 Å². The van der Waals surface area contributed by atoms with E-state index < -0.39 is 0 Å². The number of fused-ring (bicyclic) bond motifs is 1. The molecule has 0 spiro atoms. The normalized spacial score (nSPS) is 17.4. The average molecular weight is 280 g/mol. The highest BCUT2D eigenvalue weighted by Gasteiger charge is 2.34. The zero-order chi connectivity index (χ0) is 14.0. The van der Waals surface area contributed by atoms with Crippen molar-refractivity contribution in [2.75, 3.05) is 18.5 Å². The third kappa shape index (κ3) is 3.35. The zero-order valence-electron chi connectivity index (χ0n) is 12.5. The van der Waals surface area contributed by atoms with Crippen LogP contribution in [0.2, 0.25) is 0 Å². The molecule has 0 aromatic carbocycles. The Hall–Kier alpha value is -0.900. The van der Waals surface area contributed by atoms with Gasteiger partial charge >= 0.3 is 0 Å². The van der Waals surface area contributed by atoms with Crippen molar-refractivity contribution in [2.24, 2.45) is 5.41 Å². The Morgan fingerprint density at radius 2 is 2.05 bits per heavy atom. The number of unbranched alkanes of at least 4 members (excludes halogenated alkanes) is 2. The molecule has 1 aromatic heterocycles. The fourth-order valence-electron chi connectivity index (χ4n) is 2.57. The second kappa shape index (κ2) is 5.61. The first-order valence-corrected chi connectivity index (χ1v) is 7.98. The van der Waals surface area contributed by atoms with E-state index in [1.807, 2.05) is 0 Å². The van der Waals surface area contributed by atoms with Gasteiger partial charge in [-0.2, -0.15) is 0 Å². The van der Waals surface area contributed by atoms with E-state index in [2.05, 4.69) is 32.7 Å². The molecule has 2 rings (SSSR count). The summed E-state index contributed by atoms with van der Waals surface area (Å²) in [5.74, 6) is 0.275. The molecule has 4 heteroatoms. The van der Waals surface area contributed by atoms with Crippen molar-refractivity contribution >= 4 is 22.3 Å². The van der Waals surface area contributed by atoms with E-state index >= 15 is 0 Å². The molecule has 1 aliphatic carbocycles. The van der Waals surface area contributed by atoms with Gasteiger partial charge in [0.15, 0.2) is 10.9 Å². The first-order valence-electron chi connectivity index (χ1n) is 7.17. The molecule has 0 saturated carbocycles. The number of hydrogen-bond donors (Lipinski definition) is 0. The summed E-state index contributed by atoms with van der Waals surface area (Å²) in [5.41, 5.74) is 1.08. The second-order valence-corrected chi connectivity index (χ2v) is 7.32. The minimum Gasteiger partial charge on any atom is -0.351 e. The number of nitrogens with zero attached hydrogens (tertiary/aromatic N) is 2. The lowest BCUT2D eigenvalue weighted by molar-refractivity contribution is 0.0916. The Balaban J connectivity index is 2.12. The first kappa shape index (κ1) is 14.5. The van der Waals surface area contributed by atoms with Gasteiger partial charge in [0.25, 0.3) is 0 Å². The lowest BCUT2D eigenvalue weighted by Crippen LogP contribution is -2.26. The molecule has 0 bridgehead atoms. The quantitative estimate of drug-likeness (QED) is 0.766. The molecule has 3 nitrogen and oxygen atoms in total. The van der Waals surface area contributed by atoms with Crippen LogP contribution in [-0.4, -0.2) is 24.4 Å². The SMILES string of the molecule is CCCCCN(C)c1nc2c(s1)C(=O)CC(C)(C)C2. The molecule has 0 atom stereocenters. The summed E-state index contributed by atoms with van der Waals surface area (Å²) < 4.78 is 0. The summed E-state index contributed by atoms with van der Waals surface area (Å²) >= 11 is 1.58. The molecule has 1 aromatic rings. The summed E-state index contributed by atoms with van der Waals surface area (Å²) in [6.45, 7) is 7.54. The maximum absolute atomic E-state index is 12.1. The van der Waals surface area contributed by atoms with Crippen molar-refractivity contribution in [1.82, 2.24) is 4.98 Å². The molecule has 0 fully saturated rings. The summed E-state index contributed by atoms with van der Waals surface area (Å²) in [7, 11) is 2.08. The van der Waals surface area contributed by atoms with Gasteiger partial charge in [-0.3, -0.25) is 4.79 Å². The summed E-state index contributed by atoms with van der Waals surface area (Å²) in [6.07, 6.45) is 5.25. The maximum atomic E-state index is 12.1. The predicted molar refractivity (Wildman–Crippen MR) is 81.3 cm³/mol. The minimum atomic E-state index is 0.0657. The van der Waals surface area contributed by atoms with Crippen LogP contribution < -0.4 is 4.90 Å². The summed E-state index contributed by atoms with van der Waals surface area (Å²) in [5, 5.41) is 1.01. The number of Topliss-reactive ketones (excluding diaryl/α,β-unsaturated/α-hetero) is 1. The van der Waals surface area contributed by atoms with Gasteiger partial charge in [0.2, 0.25) is 0 Å². The lowest BCUT2D eigenvalue weighted by atomic mass is 9.78. The number of ketones is 1. The molecule has 1 heterocycles. The molecule has 0 unspecified atom stereocenters. The molecule has 0 saturated heterocycles. The second-order valence-electron chi connectivity index (χ2n) is 6.34. The number of anilines is 1. The molecule has 0 N–H and O–H groups in total. The van der Waals surface area contributed by atoms with Crippen molar-refractivity contribution < 1.29 is 4.79 Å². The standard InChI is InChI=1S/C15H24N2OS/c1-5-6-7-8-17(4)14-16-11-9-15(2,3)10-12(18)13(11)19-14/h5-10H2,1-4H3. The summed E-state index contributed by atoms with van der Waals surface area (Å²) in [4.78, 5) is 19.9. The van der Waals surface area contributed by atoms with Gasteiger partial charge in [0.05, 0.1) is 10.6 Å². The van der Waals surface area contributed by atoms with Gasteiger partial charge in [-0.1, -0.05) is 44.9 Å². The fourth-order valence-corrected chi connectivity index (χ4v) is 3.57. The van der Waals surface area contributed by atoms with E-state index in [-0.39, 0.29) is 11.2 Å². The Kier molecular flexibility index (Phi) is 4.29. The molecule has 1 aliphatic rings. The van der Waals surface area contributed by atoms with Crippen molar-refractivity contribution in [1.29, 1.82) is 0 Å². The number of thiazole rings is 1. The van der Waals surface area contributed by atoms with Crippen LogP contribution in [0.15, 0.2) is 0 Å². The summed E-state index contributed by atoms with van der Waals surface area (Å²) in [6, 6.07) is 0. The molecule has 0 aliphatic heterocycles. The third-order valence-corrected chi connectivity index (χ3v) is 4.90. The van der Waals surface area contributed by atoms with Crippen LogP contribution >= 0.6 is 11.3 Å². The minimum absolute atomic E-state index is 0.0657. The first-order chi connectivity index (χ1) is 8.93. The van der Waals surface area contributed by atoms with Crippen molar-refractivity contribution in [3.05, 3.63) is 10.6 Å². The lowest BCUT2D eigenvalue weighted by Gasteiger charge is -2.26. The van der Waals surface area contributed by atoms with E-state index in [9.17, 15) is 4.79 Å². The highest BCUT2D eigenvalue weighted by atomic mass is 32.1. The fraction of sp³-hybridized carbons (Fsp3) is 0.733. The molecular weight excluding hydrogens is 256 g/mol. The zero-order valence-corrected chi connectivity index (χ0v) is 13.3. The van der Waals surface area contributed by atoms with Crippen LogP contribution in [0, 0.1) is 5.41 Å². The topological polar surface area (TPSA) is 33.2 Å². The van der Waals surface area contributed by atoms with Gasteiger partial charge in [-0.15, -0.1) is 0 Å². The van der Waals surface area contributed by atoms with E-state index in [4.69, 9.17) is 4.98 Å². The maximum Gasteiger partial charge on any atom is 0.185 e.